The van der Waals surface area contributed by atoms with E-state index in [2.05, 4.69) is 10.00 Å². The van der Waals surface area contributed by atoms with Crippen molar-refractivity contribution in [3.8, 4) is 0 Å². The number of aromatic nitrogens is 2. The molecule has 1 aromatic carbocycles. The second-order valence-corrected chi connectivity index (χ2v) is 10.4. The first kappa shape index (κ1) is 22.3. The molecule has 0 aliphatic carbocycles. The Kier molecular flexibility index (Phi) is 5.88. The molecule has 2 aliphatic heterocycles. The lowest BCUT2D eigenvalue weighted by molar-refractivity contribution is 0.0287. The van der Waals surface area contributed by atoms with Crippen LogP contribution in [0.4, 0.5) is 13.2 Å². The Labute approximate surface area is 179 Å². The fourth-order valence-corrected chi connectivity index (χ4v) is 5.26. The number of alkyl halides is 1. The summed E-state index contributed by atoms with van der Waals surface area (Å²) in [6.45, 7) is 2.85. The summed E-state index contributed by atoms with van der Waals surface area (Å²) in [5.74, 6) is -1.13. The molecule has 0 bridgehead atoms. The topological polar surface area (TPSA) is 84.5 Å². The van der Waals surface area contributed by atoms with Gasteiger partial charge in [-0.05, 0) is 31.5 Å². The van der Waals surface area contributed by atoms with Gasteiger partial charge in [0.2, 0.25) is 0 Å². The summed E-state index contributed by atoms with van der Waals surface area (Å²) in [7, 11) is -3.45. The first-order chi connectivity index (χ1) is 14.5. The Morgan fingerprint density at radius 1 is 1.29 bits per heavy atom. The summed E-state index contributed by atoms with van der Waals surface area (Å²) in [5, 5.41) is 4.17. The van der Waals surface area contributed by atoms with Gasteiger partial charge >= 0.3 is 0 Å². The second kappa shape index (κ2) is 8.19. The molecule has 3 heterocycles. The lowest BCUT2D eigenvalue weighted by Gasteiger charge is -2.46. The van der Waals surface area contributed by atoms with E-state index in [0.29, 0.717) is 31.7 Å². The summed E-state index contributed by atoms with van der Waals surface area (Å²) in [6.07, 6.45) is 1.95. The number of hydrogen-bond acceptors (Lipinski definition) is 6. The molecule has 170 valence electrons. The standard InChI is InChI=1S/C20H26F3N5O2S/c1-12(21)7-27-10-15(6-18(24)20(27)16-5-14(22)3-4-17(16)23)26-8-13-9-28(31(2,29)30)25-19(13)11-26/h3-5,9,12,15,18,20H,6-8,10-11,24H2,1-2H3/t12-,15?,18?,20+/m0/s1. The molecule has 7 nitrogen and oxygen atoms in total. The number of rotatable bonds is 5. The molecule has 11 heteroatoms. The Bertz CT molecular complexity index is 1050. The van der Waals surface area contributed by atoms with E-state index < -0.39 is 39.9 Å². The fraction of sp³-hybridized carbons (Fsp3) is 0.550. The van der Waals surface area contributed by atoms with Crippen LogP contribution in [-0.2, 0) is 23.1 Å². The van der Waals surface area contributed by atoms with Gasteiger partial charge in [-0.2, -0.15) is 9.19 Å². The van der Waals surface area contributed by atoms with Gasteiger partial charge in [-0.25, -0.2) is 21.6 Å². The van der Waals surface area contributed by atoms with Crippen LogP contribution in [0.1, 0.15) is 36.2 Å². The van der Waals surface area contributed by atoms with Crippen LogP contribution in [-0.4, -0.2) is 65.0 Å². The van der Waals surface area contributed by atoms with E-state index >= 15 is 0 Å². The van der Waals surface area contributed by atoms with E-state index in [4.69, 9.17) is 5.73 Å². The predicted molar refractivity (Wildman–Crippen MR) is 109 cm³/mol. The zero-order valence-electron chi connectivity index (χ0n) is 17.4. The minimum absolute atomic E-state index is 0.0458. The van der Waals surface area contributed by atoms with Gasteiger partial charge in [0, 0.05) is 55.6 Å². The molecular weight excluding hydrogens is 431 g/mol. The Balaban J connectivity index is 1.56. The predicted octanol–water partition coefficient (Wildman–Crippen LogP) is 1.79. The van der Waals surface area contributed by atoms with Crippen LogP contribution >= 0.6 is 0 Å². The van der Waals surface area contributed by atoms with E-state index in [1.807, 2.05) is 0 Å². The highest BCUT2D eigenvalue weighted by molar-refractivity contribution is 7.89. The SMILES string of the molecule is C[C@H](F)CN1CC(N2Cc3cn(S(C)(=O)=O)nc3C2)CC(N)[C@H]1c1cc(F)ccc1F. The summed E-state index contributed by atoms with van der Waals surface area (Å²) in [5.41, 5.74) is 8.08. The average molecular weight is 458 g/mol. The number of nitrogens with two attached hydrogens (primary N) is 1. The zero-order valence-corrected chi connectivity index (χ0v) is 18.2. The van der Waals surface area contributed by atoms with E-state index in [1.54, 1.807) is 4.90 Å². The molecule has 2 unspecified atom stereocenters. The molecule has 31 heavy (non-hydrogen) atoms. The second-order valence-electron chi connectivity index (χ2n) is 8.54. The molecule has 1 aromatic heterocycles. The van der Waals surface area contributed by atoms with Crippen molar-refractivity contribution in [1.82, 2.24) is 19.0 Å². The maximum absolute atomic E-state index is 14.5. The number of likely N-dealkylation sites (tertiary alicyclic amines) is 1. The highest BCUT2D eigenvalue weighted by atomic mass is 32.2. The van der Waals surface area contributed by atoms with Gasteiger partial charge in [-0.1, -0.05) is 0 Å². The first-order valence-corrected chi connectivity index (χ1v) is 12.0. The lowest BCUT2D eigenvalue weighted by Crippen LogP contribution is -2.56. The van der Waals surface area contributed by atoms with Crippen molar-refractivity contribution >= 4 is 10.0 Å². The zero-order chi connectivity index (χ0) is 22.5. The highest BCUT2D eigenvalue weighted by Crippen LogP contribution is 2.36. The number of fused-ring (bicyclic) bond motifs is 1. The van der Waals surface area contributed by atoms with Crippen LogP contribution in [0.3, 0.4) is 0 Å². The van der Waals surface area contributed by atoms with Crippen LogP contribution in [0.2, 0.25) is 0 Å². The summed E-state index contributed by atoms with van der Waals surface area (Å²) in [6, 6.07) is 2.04. The minimum atomic E-state index is -3.45. The van der Waals surface area contributed by atoms with Crippen molar-refractivity contribution in [2.45, 2.75) is 50.7 Å². The van der Waals surface area contributed by atoms with Gasteiger partial charge in [-0.3, -0.25) is 9.80 Å². The molecule has 2 aromatic rings. The number of nitrogens with zero attached hydrogens (tertiary/aromatic N) is 4. The van der Waals surface area contributed by atoms with Crippen molar-refractivity contribution in [2.24, 2.45) is 5.73 Å². The third-order valence-electron chi connectivity index (χ3n) is 5.99. The molecule has 2 N–H and O–H groups in total. The van der Waals surface area contributed by atoms with Crippen molar-refractivity contribution in [2.75, 3.05) is 19.3 Å². The average Bonchev–Trinajstić information content (AvgIpc) is 3.22. The van der Waals surface area contributed by atoms with Crippen molar-refractivity contribution in [3.05, 3.63) is 52.9 Å². The Morgan fingerprint density at radius 2 is 2.03 bits per heavy atom. The third kappa shape index (κ3) is 4.50. The van der Waals surface area contributed by atoms with E-state index in [-0.39, 0.29) is 18.2 Å². The van der Waals surface area contributed by atoms with Gasteiger partial charge in [0.15, 0.2) is 0 Å². The molecule has 1 fully saturated rings. The molecular formula is C20H26F3N5O2S. The Hall–Kier alpha value is -1.95. The van der Waals surface area contributed by atoms with Crippen molar-refractivity contribution < 1.29 is 21.6 Å². The fourth-order valence-electron chi connectivity index (χ4n) is 4.70. The van der Waals surface area contributed by atoms with Gasteiger partial charge < -0.3 is 5.73 Å². The van der Waals surface area contributed by atoms with E-state index in [9.17, 15) is 21.6 Å². The van der Waals surface area contributed by atoms with Crippen LogP contribution in [0, 0.1) is 11.6 Å². The summed E-state index contributed by atoms with van der Waals surface area (Å²) < 4.78 is 66.7. The quantitative estimate of drug-likeness (QED) is 0.737. The van der Waals surface area contributed by atoms with Gasteiger partial charge in [0.1, 0.15) is 17.8 Å². The lowest BCUT2D eigenvalue weighted by atomic mass is 9.87. The minimum Gasteiger partial charge on any atom is -0.326 e. The maximum Gasteiger partial charge on any atom is 0.250 e. The molecule has 0 radical (unpaired) electrons. The third-order valence-corrected chi connectivity index (χ3v) is 6.86. The normalized spacial score (nSPS) is 26.2. The molecule has 0 amide bonds. The number of hydrogen-bond donors (Lipinski definition) is 1. The van der Waals surface area contributed by atoms with E-state index in [0.717, 1.165) is 34.1 Å². The summed E-state index contributed by atoms with van der Waals surface area (Å²) in [4.78, 5) is 3.91. The van der Waals surface area contributed by atoms with Gasteiger partial charge in [-0.15, -0.1) is 0 Å². The molecule has 0 spiro atoms. The number of piperidine rings is 1. The molecule has 2 aliphatic rings. The van der Waals surface area contributed by atoms with Crippen LogP contribution < -0.4 is 5.73 Å². The summed E-state index contributed by atoms with van der Waals surface area (Å²) >= 11 is 0. The van der Waals surface area contributed by atoms with Crippen LogP contribution in [0.5, 0.6) is 0 Å². The highest BCUT2D eigenvalue weighted by Gasteiger charge is 2.41. The smallest absolute Gasteiger partial charge is 0.250 e. The van der Waals surface area contributed by atoms with Crippen LogP contribution in [0.15, 0.2) is 24.4 Å². The van der Waals surface area contributed by atoms with Crippen molar-refractivity contribution in [3.63, 3.8) is 0 Å². The van der Waals surface area contributed by atoms with Crippen LogP contribution in [0.25, 0.3) is 0 Å². The first-order valence-electron chi connectivity index (χ1n) is 10.1. The largest absolute Gasteiger partial charge is 0.326 e. The molecule has 4 rings (SSSR count). The van der Waals surface area contributed by atoms with Gasteiger partial charge in [0.25, 0.3) is 10.0 Å². The maximum atomic E-state index is 14.5. The Morgan fingerprint density at radius 3 is 2.68 bits per heavy atom. The van der Waals surface area contributed by atoms with E-state index in [1.165, 1.54) is 13.1 Å². The molecule has 0 saturated carbocycles. The molecule has 4 atom stereocenters. The monoisotopic (exact) mass is 457 g/mol. The number of benzene rings is 1. The molecule has 1 saturated heterocycles. The van der Waals surface area contributed by atoms with Gasteiger partial charge in [0.05, 0.1) is 18.0 Å². The number of halogens is 3. The van der Waals surface area contributed by atoms with Crippen molar-refractivity contribution in [1.29, 1.82) is 0 Å².